The number of nitrogens with two attached hydrogens (primary N) is 2. The summed E-state index contributed by atoms with van der Waals surface area (Å²) in [5.74, 6) is -2.72. The number of amides is 6. The van der Waals surface area contributed by atoms with Crippen LogP contribution < -0.4 is 43.0 Å². The first-order valence-corrected chi connectivity index (χ1v) is 21.8. The van der Waals surface area contributed by atoms with Crippen molar-refractivity contribution in [2.45, 2.75) is 121 Å². The number of fused-ring (bicyclic) bond motifs is 1. The zero-order valence-corrected chi connectivity index (χ0v) is 35.8. The van der Waals surface area contributed by atoms with E-state index in [4.69, 9.17) is 11.5 Å². The third kappa shape index (κ3) is 13.3. The summed E-state index contributed by atoms with van der Waals surface area (Å²) in [6.45, 7) is 4.16. The number of likely N-dealkylation sites (N-methyl/N-ethyl adjacent to an activating group) is 1. The van der Waals surface area contributed by atoms with E-state index in [0.29, 0.717) is 45.2 Å². The number of nitrogens with zero attached hydrogens (tertiary/aromatic N) is 1. The highest BCUT2D eigenvalue weighted by molar-refractivity contribution is 5.97. The van der Waals surface area contributed by atoms with Crippen LogP contribution in [0.3, 0.4) is 0 Å². The Balaban J connectivity index is 1.32. The number of hydrogen-bond acceptors (Lipinski definition) is 6. The minimum absolute atomic E-state index is 0.0482. The minimum Gasteiger partial charge on any atom is -0.361 e. The molecule has 1 saturated carbocycles. The molecule has 1 aliphatic heterocycles. The number of aromatic nitrogens is 1. The molecule has 0 radical (unpaired) electrons. The van der Waals surface area contributed by atoms with Gasteiger partial charge in [-0.05, 0) is 68.6 Å². The number of carbonyl (C=O) groups is 6. The molecular weight excluding hydrogens is 777 g/mol. The summed E-state index contributed by atoms with van der Waals surface area (Å²) in [5, 5.41) is 15.2. The first-order valence-electron chi connectivity index (χ1n) is 21.8. The van der Waals surface area contributed by atoms with Crippen molar-refractivity contribution in [2.75, 3.05) is 20.1 Å². The van der Waals surface area contributed by atoms with Gasteiger partial charge in [-0.25, -0.2) is 0 Å². The standard InChI is InChI=1S/C45H64N10O6/c1-28(24-30-14-6-4-7-15-30)39(56)51-29(2)44(61)55-23-13-21-38(55)43(60)54-36(25-31-16-8-5-9-17-31)41(58)53-37(26-32-27-50-34-19-11-10-18-33(32)34)42(59)52-35(40(57)48-3)20-12-22-49-45(46)47/h4,6-7,10-11,14-15,18-19,27-29,31,35-38,50H,5,8-9,12-13,16-17,20-26H2,1-3H3,(H,48,57)(H,51,56)(H,52,59)(H,53,58)(H,54,60)(H4,46,47,49)/p+1/t28?,29-,35-,36?,37-,38-/m0/s1. The fraction of sp³-hybridized carbons (Fsp3) is 0.533. The molecule has 11 N–H and O–H groups in total. The van der Waals surface area contributed by atoms with Gasteiger partial charge in [-0.1, -0.05) is 87.6 Å². The molecule has 16 heteroatoms. The molecule has 1 aromatic heterocycles. The lowest BCUT2D eigenvalue weighted by Crippen LogP contribution is -2.78. The number of hydrogen-bond donors (Lipinski definition) is 9. The molecule has 2 aromatic carbocycles. The van der Waals surface area contributed by atoms with Crippen LogP contribution in [0.15, 0.2) is 60.8 Å². The van der Waals surface area contributed by atoms with Crippen LogP contribution in [0, 0.1) is 11.8 Å². The normalized spacial score (nSPS) is 17.9. The summed E-state index contributed by atoms with van der Waals surface area (Å²) in [7, 11) is 1.48. The molecule has 1 saturated heterocycles. The van der Waals surface area contributed by atoms with E-state index in [2.05, 4.69) is 36.6 Å². The third-order valence-corrected chi connectivity index (χ3v) is 11.9. The second-order valence-corrected chi connectivity index (χ2v) is 16.6. The zero-order chi connectivity index (χ0) is 43.9. The Morgan fingerprint density at radius 1 is 0.770 bits per heavy atom. The Labute approximate surface area is 358 Å². The second kappa shape index (κ2) is 22.6. The van der Waals surface area contributed by atoms with Crippen molar-refractivity contribution in [1.29, 1.82) is 0 Å². The SMILES string of the molecule is CNC(=O)[C@H](CCC[NH+]=C(N)N)NC(=O)[C@H](Cc1c[nH]c2ccccc12)NC(=O)C(CC1CCCCC1)NC(=O)[C@@H]1CCCN1C(=O)[C@H](C)NC(=O)C(C)Cc1ccccc1. The third-order valence-electron chi connectivity index (χ3n) is 11.9. The van der Waals surface area contributed by atoms with Gasteiger partial charge < -0.3 is 36.5 Å². The van der Waals surface area contributed by atoms with E-state index in [-0.39, 0.29) is 42.5 Å². The van der Waals surface area contributed by atoms with Crippen LogP contribution in [0.4, 0.5) is 0 Å². The maximum Gasteiger partial charge on any atom is 0.338 e. The number of para-hydroxylation sites is 1. The first kappa shape index (κ1) is 46.1. The molecule has 6 amide bonds. The van der Waals surface area contributed by atoms with Gasteiger partial charge in [0.1, 0.15) is 30.2 Å². The smallest absolute Gasteiger partial charge is 0.338 e. The van der Waals surface area contributed by atoms with Crippen molar-refractivity contribution in [1.82, 2.24) is 36.5 Å². The predicted octanol–water partition coefficient (Wildman–Crippen LogP) is 0.390. The number of guanidine groups is 1. The largest absolute Gasteiger partial charge is 0.361 e. The highest BCUT2D eigenvalue weighted by atomic mass is 16.2. The fourth-order valence-electron chi connectivity index (χ4n) is 8.54. The second-order valence-electron chi connectivity index (χ2n) is 16.6. The number of aromatic amines is 1. The Hall–Kier alpha value is -5.93. The summed E-state index contributed by atoms with van der Waals surface area (Å²) in [6.07, 6.45) is 9.45. The Bertz CT molecular complexity index is 1990. The van der Waals surface area contributed by atoms with E-state index in [9.17, 15) is 28.8 Å². The Kier molecular flexibility index (Phi) is 17.1. The van der Waals surface area contributed by atoms with Gasteiger partial charge in [0.25, 0.3) is 0 Å². The van der Waals surface area contributed by atoms with Gasteiger partial charge in [0.15, 0.2) is 0 Å². The average molecular weight is 842 g/mol. The number of benzene rings is 2. The highest BCUT2D eigenvalue weighted by Gasteiger charge is 2.39. The molecule has 3 aromatic rings. The van der Waals surface area contributed by atoms with E-state index >= 15 is 0 Å². The summed E-state index contributed by atoms with van der Waals surface area (Å²) in [4.78, 5) is 90.4. The zero-order valence-electron chi connectivity index (χ0n) is 35.8. The summed E-state index contributed by atoms with van der Waals surface area (Å²) < 4.78 is 0. The monoisotopic (exact) mass is 842 g/mol. The van der Waals surface area contributed by atoms with Gasteiger partial charge in [-0.2, -0.15) is 0 Å². The maximum atomic E-state index is 14.5. The van der Waals surface area contributed by atoms with Crippen molar-refractivity contribution < 1.29 is 33.8 Å². The van der Waals surface area contributed by atoms with Crippen molar-refractivity contribution in [2.24, 2.45) is 23.3 Å². The van der Waals surface area contributed by atoms with Crippen LogP contribution in [-0.4, -0.2) is 102 Å². The van der Waals surface area contributed by atoms with Crippen molar-refractivity contribution in [3.8, 4) is 0 Å². The lowest BCUT2D eigenvalue weighted by atomic mass is 9.84. The average Bonchev–Trinajstić information content (AvgIpc) is 3.92. The molecule has 1 aliphatic carbocycles. The molecule has 61 heavy (non-hydrogen) atoms. The number of nitrogens with one attached hydrogen (secondary N) is 7. The maximum absolute atomic E-state index is 14.5. The number of H-pyrrole nitrogens is 1. The molecule has 0 spiro atoms. The summed E-state index contributed by atoms with van der Waals surface area (Å²) in [6, 6.07) is 12.6. The van der Waals surface area contributed by atoms with Crippen molar-refractivity contribution in [3.05, 3.63) is 71.9 Å². The summed E-state index contributed by atoms with van der Waals surface area (Å²) >= 11 is 0. The number of rotatable bonds is 20. The molecule has 0 bridgehead atoms. The van der Waals surface area contributed by atoms with Crippen molar-refractivity contribution in [3.63, 3.8) is 0 Å². The quantitative estimate of drug-likeness (QED) is 0.0437. The molecule has 2 fully saturated rings. The van der Waals surface area contributed by atoms with Gasteiger partial charge in [0, 0.05) is 43.0 Å². The van der Waals surface area contributed by atoms with Crippen LogP contribution in [-0.2, 0) is 41.6 Å². The molecule has 2 aliphatic rings. The number of carbonyl (C=O) groups excluding carboxylic acids is 6. The highest BCUT2D eigenvalue weighted by Crippen LogP contribution is 2.28. The van der Waals surface area contributed by atoms with E-state index < -0.39 is 53.8 Å². The Morgan fingerprint density at radius 2 is 1.46 bits per heavy atom. The van der Waals surface area contributed by atoms with E-state index in [1.807, 2.05) is 61.5 Å². The van der Waals surface area contributed by atoms with Gasteiger partial charge in [-0.15, -0.1) is 0 Å². The number of likely N-dealkylation sites (tertiary alicyclic amines) is 1. The Morgan fingerprint density at radius 3 is 2.18 bits per heavy atom. The molecule has 5 rings (SSSR count). The molecular formula is C45H65N10O6+. The molecule has 6 atom stereocenters. The van der Waals surface area contributed by atoms with Crippen LogP contribution in [0.25, 0.3) is 10.9 Å². The van der Waals surface area contributed by atoms with Gasteiger partial charge in [0.2, 0.25) is 35.4 Å². The molecule has 2 heterocycles. The van der Waals surface area contributed by atoms with Crippen LogP contribution in [0.1, 0.15) is 89.2 Å². The van der Waals surface area contributed by atoms with Gasteiger partial charge >= 0.3 is 5.96 Å². The van der Waals surface area contributed by atoms with Crippen molar-refractivity contribution >= 4 is 52.3 Å². The lowest BCUT2D eigenvalue weighted by molar-refractivity contribution is -0.459. The molecule has 16 nitrogen and oxygen atoms in total. The van der Waals surface area contributed by atoms with Gasteiger partial charge in [0.05, 0.1) is 6.54 Å². The fourth-order valence-corrected chi connectivity index (χ4v) is 8.54. The topological polar surface area (TPSA) is 248 Å². The first-order chi connectivity index (χ1) is 29.3. The van der Waals surface area contributed by atoms with Crippen LogP contribution >= 0.6 is 0 Å². The van der Waals surface area contributed by atoms with Gasteiger partial charge in [-0.3, -0.25) is 45.2 Å². The van der Waals surface area contributed by atoms with E-state index in [0.717, 1.165) is 54.1 Å². The minimum atomic E-state index is -1.12. The van der Waals surface area contributed by atoms with Crippen LogP contribution in [0.2, 0.25) is 0 Å². The molecule has 2 unspecified atom stereocenters. The van der Waals surface area contributed by atoms with E-state index in [1.165, 1.54) is 11.9 Å². The lowest BCUT2D eigenvalue weighted by Gasteiger charge is -2.31. The molecule has 330 valence electrons. The predicted molar refractivity (Wildman–Crippen MR) is 233 cm³/mol. The van der Waals surface area contributed by atoms with E-state index in [1.54, 1.807) is 13.1 Å². The summed E-state index contributed by atoms with van der Waals surface area (Å²) in [5.41, 5.74) is 13.7. The van der Waals surface area contributed by atoms with Crippen LogP contribution in [0.5, 0.6) is 0 Å².